The Kier molecular flexibility index (Phi) is 8.57. The minimum absolute atomic E-state index is 0.798. The van der Waals surface area contributed by atoms with Crippen LogP contribution in [0, 0.1) is 5.92 Å². The zero-order chi connectivity index (χ0) is 9.23. The van der Waals surface area contributed by atoms with E-state index >= 15 is 0 Å². The highest BCUT2D eigenvalue weighted by Gasteiger charge is 1.95. The maximum absolute atomic E-state index is 3.31. The van der Waals surface area contributed by atoms with E-state index in [1.165, 1.54) is 19.3 Å². The standard InChI is InChI=1S/C11H23N/c1-4-11(5-2)9-7-8-10-12-6-3/h7,9,11-12H,4-6,8,10H2,1-3H3. The first kappa shape index (κ1) is 11.7. The summed E-state index contributed by atoms with van der Waals surface area (Å²) in [6.45, 7) is 8.85. The average Bonchev–Trinajstić information content (AvgIpc) is 2.11. The van der Waals surface area contributed by atoms with Gasteiger partial charge in [-0.3, -0.25) is 0 Å². The molecule has 0 amide bonds. The normalized spacial score (nSPS) is 11.7. The second-order valence-corrected chi connectivity index (χ2v) is 3.15. The van der Waals surface area contributed by atoms with E-state index < -0.39 is 0 Å². The molecule has 1 nitrogen and oxygen atoms in total. The van der Waals surface area contributed by atoms with E-state index in [-0.39, 0.29) is 0 Å². The van der Waals surface area contributed by atoms with Crippen molar-refractivity contribution in [1.29, 1.82) is 0 Å². The van der Waals surface area contributed by atoms with Gasteiger partial charge < -0.3 is 5.32 Å². The summed E-state index contributed by atoms with van der Waals surface area (Å²) in [5.41, 5.74) is 0. The highest BCUT2D eigenvalue weighted by Crippen LogP contribution is 2.08. The summed E-state index contributed by atoms with van der Waals surface area (Å²) in [6.07, 6.45) is 8.38. The molecule has 0 aliphatic carbocycles. The van der Waals surface area contributed by atoms with Gasteiger partial charge in [0.2, 0.25) is 0 Å². The molecule has 0 bridgehead atoms. The number of hydrogen-bond donors (Lipinski definition) is 1. The molecule has 0 rings (SSSR count). The van der Waals surface area contributed by atoms with Crippen molar-refractivity contribution < 1.29 is 0 Å². The largest absolute Gasteiger partial charge is 0.317 e. The van der Waals surface area contributed by atoms with Crippen LogP contribution in [0.25, 0.3) is 0 Å². The van der Waals surface area contributed by atoms with Crippen molar-refractivity contribution in [2.24, 2.45) is 5.92 Å². The second-order valence-electron chi connectivity index (χ2n) is 3.15. The van der Waals surface area contributed by atoms with Gasteiger partial charge in [0, 0.05) is 0 Å². The highest BCUT2D eigenvalue weighted by atomic mass is 14.8. The summed E-state index contributed by atoms with van der Waals surface area (Å²) in [5.74, 6) is 0.798. The summed E-state index contributed by atoms with van der Waals surface area (Å²) in [6, 6.07) is 0. The number of allylic oxidation sites excluding steroid dienone is 1. The van der Waals surface area contributed by atoms with Gasteiger partial charge in [0.05, 0.1) is 0 Å². The van der Waals surface area contributed by atoms with Gasteiger partial charge in [-0.2, -0.15) is 0 Å². The van der Waals surface area contributed by atoms with Gasteiger partial charge in [-0.15, -0.1) is 0 Å². The Morgan fingerprint density at radius 3 is 2.33 bits per heavy atom. The zero-order valence-electron chi connectivity index (χ0n) is 8.77. The van der Waals surface area contributed by atoms with Gasteiger partial charge in [0.15, 0.2) is 0 Å². The molecule has 0 aliphatic rings. The first-order chi connectivity index (χ1) is 5.85. The van der Waals surface area contributed by atoms with Crippen molar-refractivity contribution in [3.8, 4) is 0 Å². The highest BCUT2D eigenvalue weighted by molar-refractivity contribution is 4.87. The third kappa shape index (κ3) is 6.41. The van der Waals surface area contributed by atoms with Crippen LogP contribution in [0.15, 0.2) is 12.2 Å². The van der Waals surface area contributed by atoms with Crippen molar-refractivity contribution in [1.82, 2.24) is 5.32 Å². The maximum Gasteiger partial charge on any atom is -0.00144 e. The molecule has 0 aliphatic heterocycles. The molecule has 0 atom stereocenters. The summed E-state index contributed by atoms with van der Waals surface area (Å²) in [7, 11) is 0. The van der Waals surface area contributed by atoms with Gasteiger partial charge in [-0.1, -0.05) is 32.9 Å². The molecule has 0 unspecified atom stereocenters. The molecular weight excluding hydrogens is 146 g/mol. The van der Waals surface area contributed by atoms with Crippen LogP contribution >= 0.6 is 0 Å². The lowest BCUT2D eigenvalue weighted by Crippen LogP contribution is -2.13. The van der Waals surface area contributed by atoms with Crippen LogP contribution in [0.5, 0.6) is 0 Å². The fraction of sp³-hybridized carbons (Fsp3) is 0.818. The Morgan fingerprint density at radius 1 is 1.17 bits per heavy atom. The summed E-state index contributed by atoms with van der Waals surface area (Å²) in [5, 5.41) is 3.31. The third-order valence-electron chi connectivity index (χ3n) is 2.19. The molecule has 0 aromatic carbocycles. The smallest absolute Gasteiger partial charge is 0.00144 e. The van der Waals surface area contributed by atoms with Gasteiger partial charge >= 0.3 is 0 Å². The predicted octanol–water partition coefficient (Wildman–Crippen LogP) is 2.98. The second kappa shape index (κ2) is 8.79. The lowest BCUT2D eigenvalue weighted by atomic mass is 10.0. The molecule has 0 aromatic heterocycles. The molecule has 0 fully saturated rings. The minimum atomic E-state index is 0.798. The van der Waals surface area contributed by atoms with Crippen molar-refractivity contribution in [2.75, 3.05) is 13.1 Å². The fourth-order valence-corrected chi connectivity index (χ4v) is 1.21. The molecular formula is C11H23N. The lowest BCUT2D eigenvalue weighted by Gasteiger charge is -2.04. The summed E-state index contributed by atoms with van der Waals surface area (Å²) in [4.78, 5) is 0. The maximum atomic E-state index is 3.31. The van der Waals surface area contributed by atoms with Crippen LogP contribution in [0.1, 0.15) is 40.0 Å². The molecule has 0 heterocycles. The van der Waals surface area contributed by atoms with Crippen molar-refractivity contribution >= 4 is 0 Å². The first-order valence-electron chi connectivity index (χ1n) is 5.22. The molecule has 72 valence electrons. The molecule has 1 N–H and O–H groups in total. The monoisotopic (exact) mass is 169 g/mol. The van der Waals surface area contributed by atoms with Gasteiger partial charge in [0.25, 0.3) is 0 Å². The molecule has 1 heteroatoms. The molecule has 0 radical (unpaired) electrons. The number of rotatable bonds is 7. The first-order valence-corrected chi connectivity index (χ1v) is 5.22. The van der Waals surface area contributed by atoms with Crippen LogP contribution < -0.4 is 5.32 Å². The quantitative estimate of drug-likeness (QED) is 0.456. The van der Waals surface area contributed by atoms with Crippen molar-refractivity contribution in [3.05, 3.63) is 12.2 Å². The molecule has 0 spiro atoms. The van der Waals surface area contributed by atoms with E-state index in [1.54, 1.807) is 0 Å². The zero-order valence-corrected chi connectivity index (χ0v) is 8.77. The Balaban J connectivity index is 3.32. The van der Waals surface area contributed by atoms with E-state index in [0.29, 0.717) is 0 Å². The summed E-state index contributed by atoms with van der Waals surface area (Å²) < 4.78 is 0. The molecule has 0 saturated carbocycles. The van der Waals surface area contributed by atoms with Crippen molar-refractivity contribution in [3.63, 3.8) is 0 Å². The third-order valence-corrected chi connectivity index (χ3v) is 2.19. The Labute approximate surface area is 77.2 Å². The predicted molar refractivity (Wildman–Crippen MR) is 56.4 cm³/mol. The van der Waals surface area contributed by atoms with E-state index in [0.717, 1.165) is 19.0 Å². The van der Waals surface area contributed by atoms with E-state index in [1.807, 2.05) is 0 Å². The SMILES string of the molecule is CCNCCC=CC(CC)CC. The molecule has 0 aromatic rings. The van der Waals surface area contributed by atoms with Crippen LogP contribution in [-0.2, 0) is 0 Å². The van der Waals surface area contributed by atoms with Crippen LogP contribution in [-0.4, -0.2) is 13.1 Å². The van der Waals surface area contributed by atoms with Gasteiger partial charge in [-0.25, -0.2) is 0 Å². The number of hydrogen-bond acceptors (Lipinski definition) is 1. The van der Waals surface area contributed by atoms with E-state index in [9.17, 15) is 0 Å². The van der Waals surface area contributed by atoms with E-state index in [4.69, 9.17) is 0 Å². The van der Waals surface area contributed by atoms with Gasteiger partial charge in [0.1, 0.15) is 0 Å². The molecule has 0 saturated heterocycles. The Hall–Kier alpha value is -0.300. The molecule has 12 heavy (non-hydrogen) atoms. The minimum Gasteiger partial charge on any atom is -0.317 e. The van der Waals surface area contributed by atoms with Gasteiger partial charge in [-0.05, 0) is 38.3 Å². The number of nitrogens with one attached hydrogen (secondary N) is 1. The van der Waals surface area contributed by atoms with Crippen LogP contribution in [0.4, 0.5) is 0 Å². The van der Waals surface area contributed by atoms with Crippen molar-refractivity contribution in [2.45, 2.75) is 40.0 Å². The van der Waals surface area contributed by atoms with Crippen LogP contribution in [0.2, 0.25) is 0 Å². The summed E-state index contributed by atoms with van der Waals surface area (Å²) >= 11 is 0. The fourth-order valence-electron chi connectivity index (χ4n) is 1.21. The van der Waals surface area contributed by atoms with Crippen LogP contribution in [0.3, 0.4) is 0 Å². The Bertz CT molecular complexity index is 104. The lowest BCUT2D eigenvalue weighted by molar-refractivity contribution is 0.603. The van der Waals surface area contributed by atoms with E-state index in [2.05, 4.69) is 38.2 Å². The topological polar surface area (TPSA) is 12.0 Å². The Morgan fingerprint density at radius 2 is 1.83 bits per heavy atom. The average molecular weight is 169 g/mol.